The zero-order chi connectivity index (χ0) is 15.7. The molecule has 1 aromatic rings. The number of ether oxygens (including phenoxy) is 1. The second-order valence-electron chi connectivity index (χ2n) is 5.13. The first-order valence-corrected chi connectivity index (χ1v) is 6.58. The first-order valence-electron chi connectivity index (χ1n) is 6.58. The van der Waals surface area contributed by atoms with Gasteiger partial charge in [0.15, 0.2) is 0 Å². The Kier molecular flexibility index (Phi) is 4.13. The van der Waals surface area contributed by atoms with Gasteiger partial charge in [0, 0.05) is 6.54 Å². The third-order valence-electron chi connectivity index (χ3n) is 3.91. The Morgan fingerprint density at radius 2 is 2.00 bits per heavy atom. The maximum Gasteiger partial charge on any atom is 0.394 e. The largest absolute Gasteiger partial charge is 0.394 e. The number of amides is 2. The van der Waals surface area contributed by atoms with Crippen LogP contribution in [0.25, 0.3) is 0 Å². The topological polar surface area (TPSA) is 55.6 Å². The van der Waals surface area contributed by atoms with Crippen molar-refractivity contribution in [3.05, 3.63) is 35.9 Å². The Bertz CT molecular complexity index is 507. The van der Waals surface area contributed by atoms with Crippen LogP contribution in [0, 0.1) is 5.92 Å². The minimum Gasteiger partial charge on any atom is -0.366 e. The highest BCUT2D eigenvalue weighted by molar-refractivity contribution is 5.72. The molecule has 0 bridgehead atoms. The van der Waals surface area contributed by atoms with E-state index in [2.05, 4.69) is 0 Å². The number of halogens is 3. The molecule has 1 aliphatic rings. The third kappa shape index (κ3) is 2.97. The summed E-state index contributed by atoms with van der Waals surface area (Å²) >= 11 is 0. The molecule has 1 aliphatic heterocycles. The van der Waals surface area contributed by atoms with E-state index in [-0.39, 0.29) is 19.7 Å². The maximum atomic E-state index is 13.3. The molecule has 1 heterocycles. The summed E-state index contributed by atoms with van der Waals surface area (Å²) in [5, 5.41) is 0. The van der Waals surface area contributed by atoms with Crippen molar-refractivity contribution in [3.8, 4) is 0 Å². The smallest absolute Gasteiger partial charge is 0.366 e. The molecular formula is C14H17F3N2O2. The van der Waals surface area contributed by atoms with Crippen LogP contribution in [-0.4, -0.2) is 36.8 Å². The summed E-state index contributed by atoms with van der Waals surface area (Å²) in [6.07, 6.45) is -4.45. The van der Waals surface area contributed by atoms with Gasteiger partial charge in [0.25, 0.3) is 0 Å². The van der Waals surface area contributed by atoms with E-state index in [1.807, 2.05) is 0 Å². The number of benzene rings is 1. The maximum absolute atomic E-state index is 13.3. The fourth-order valence-electron chi connectivity index (χ4n) is 2.61. The van der Waals surface area contributed by atoms with Crippen molar-refractivity contribution in [1.29, 1.82) is 0 Å². The lowest BCUT2D eigenvalue weighted by atomic mass is 9.80. The van der Waals surface area contributed by atoms with Gasteiger partial charge in [-0.3, -0.25) is 0 Å². The van der Waals surface area contributed by atoms with Crippen molar-refractivity contribution in [2.45, 2.75) is 18.7 Å². The molecule has 0 aromatic heterocycles. The lowest BCUT2D eigenvalue weighted by Crippen LogP contribution is -2.58. The summed E-state index contributed by atoms with van der Waals surface area (Å²) in [4.78, 5) is 12.6. The van der Waals surface area contributed by atoms with Crippen molar-refractivity contribution < 1.29 is 22.7 Å². The van der Waals surface area contributed by atoms with E-state index in [0.717, 1.165) is 6.92 Å². The van der Waals surface area contributed by atoms with Gasteiger partial charge in [0.1, 0.15) is 5.60 Å². The van der Waals surface area contributed by atoms with Crippen LogP contribution in [-0.2, 0) is 10.3 Å². The number of morpholine rings is 1. The number of carbonyl (C=O) groups is 1. The van der Waals surface area contributed by atoms with Crippen LogP contribution in [0.1, 0.15) is 12.5 Å². The van der Waals surface area contributed by atoms with Gasteiger partial charge in [-0.25, -0.2) is 4.79 Å². The van der Waals surface area contributed by atoms with Gasteiger partial charge >= 0.3 is 12.2 Å². The average molecular weight is 302 g/mol. The van der Waals surface area contributed by atoms with Gasteiger partial charge in [-0.1, -0.05) is 37.3 Å². The predicted molar refractivity (Wildman–Crippen MR) is 70.4 cm³/mol. The van der Waals surface area contributed by atoms with E-state index < -0.39 is 23.7 Å². The van der Waals surface area contributed by atoms with E-state index in [1.165, 1.54) is 4.90 Å². The molecule has 0 radical (unpaired) electrons. The van der Waals surface area contributed by atoms with Crippen molar-refractivity contribution in [2.24, 2.45) is 11.7 Å². The van der Waals surface area contributed by atoms with Crippen LogP contribution >= 0.6 is 0 Å². The zero-order valence-corrected chi connectivity index (χ0v) is 11.6. The number of urea groups is 1. The fourth-order valence-corrected chi connectivity index (χ4v) is 2.61. The second kappa shape index (κ2) is 5.55. The summed E-state index contributed by atoms with van der Waals surface area (Å²) < 4.78 is 45.4. The van der Waals surface area contributed by atoms with Gasteiger partial charge in [-0.2, -0.15) is 13.2 Å². The molecule has 2 amide bonds. The molecular weight excluding hydrogens is 285 g/mol. The second-order valence-corrected chi connectivity index (χ2v) is 5.13. The highest BCUT2D eigenvalue weighted by Gasteiger charge is 2.54. The summed E-state index contributed by atoms with van der Waals surface area (Å²) in [7, 11) is 0. The molecule has 4 nitrogen and oxygen atoms in total. The number of primary amides is 1. The van der Waals surface area contributed by atoms with Gasteiger partial charge in [0.05, 0.1) is 19.1 Å². The molecule has 1 fully saturated rings. The SMILES string of the molecule is CC(C(F)(F)F)C1(c2ccccc2)CN(C(N)=O)CCO1. The first kappa shape index (κ1) is 15.6. The zero-order valence-electron chi connectivity index (χ0n) is 11.6. The Balaban J connectivity index is 2.47. The van der Waals surface area contributed by atoms with Crippen LogP contribution in [0.15, 0.2) is 30.3 Å². The number of rotatable bonds is 2. The number of nitrogens with two attached hydrogens (primary N) is 1. The standard InChI is InChI=1S/C14H17F3N2O2/c1-10(14(15,16)17)13(11-5-3-2-4-6-11)9-19(12(18)20)7-8-21-13/h2-6,10H,7-9H2,1H3,(H2,18,20). The Morgan fingerprint density at radius 3 is 2.52 bits per heavy atom. The van der Waals surface area contributed by atoms with Crippen LogP contribution in [0.2, 0.25) is 0 Å². The third-order valence-corrected chi connectivity index (χ3v) is 3.91. The molecule has 2 unspecified atom stereocenters. The van der Waals surface area contributed by atoms with E-state index in [0.29, 0.717) is 5.56 Å². The monoisotopic (exact) mass is 302 g/mol. The normalized spacial score (nSPS) is 24.7. The van der Waals surface area contributed by atoms with Crippen LogP contribution in [0.5, 0.6) is 0 Å². The summed E-state index contributed by atoms with van der Waals surface area (Å²) in [5.74, 6) is -1.77. The summed E-state index contributed by atoms with van der Waals surface area (Å²) in [5.41, 5.74) is 3.98. The minimum atomic E-state index is -4.45. The predicted octanol–water partition coefficient (Wildman–Crippen LogP) is 2.49. The Hall–Kier alpha value is -1.76. The number of hydrogen-bond donors (Lipinski definition) is 1. The molecule has 7 heteroatoms. The minimum absolute atomic E-state index is 0.0122. The van der Waals surface area contributed by atoms with E-state index in [1.54, 1.807) is 30.3 Å². The van der Waals surface area contributed by atoms with E-state index >= 15 is 0 Å². The highest BCUT2D eigenvalue weighted by atomic mass is 19.4. The number of nitrogens with zero attached hydrogens (tertiary/aromatic N) is 1. The molecule has 2 rings (SSSR count). The van der Waals surface area contributed by atoms with E-state index in [4.69, 9.17) is 10.5 Å². The highest BCUT2D eigenvalue weighted by Crippen LogP contribution is 2.44. The number of alkyl halides is 3. The average Bonchev–Trinajstić information content (AvgIpc) is 2.46. The fraction of sp³-hybridized carbons (Fsp3) is 0.500. The molecule has 0 aliphatic carbocycles. The molecule has 2 atom stereocenters. The molecule has 0 spiro atoms. The van der Waals surface area contributed by atoms with Crippen LogP contribution in [0.4, 0.5) is 18.0 Å². The molecule has 1 saturated heterocycles. The van der Waals surface area contributed by atoms with Crippen LogP contribution in [0.3, 0.4) is 0 Å². The quantitative estimate of drug-likeness (QED) is 0.912. The first-order chi connectivity index (χ1) is 9.77. The van der Waals surface area contributed by atoms with Crippen molar-refractivity contribution >= 4 is 6.03 Å². The van der Waals surface area contributed by atoms with E-state index in [9.17, 15) is 18.0 Å². The lowest BCUT2D eigenvalue weighted by molar-refractivity contribution is -0.250. The number of hydrogen-bond acceptors (Lipinski definition) is 2. The number of carbonyl (C=O) groups excluding carboxylic acids is 1. The molecule has 2 N–H and O–H groups in total. The summed E-state index contributed by atoms with van der Waals surface area (Å²) in [6.45, 7) is 1.05. The van der Waals surface area contributed by atoms with Crippen LogP contribution < -0.4 is 5.73 Å². The molecule has 21 heavy (non-hydrogen) atoms. The van der Waals surface area contributed by atoms with Crippen molar-refractivity contribution in [1.82, 2.24) is 4.90 Å². The summed E-state index contributed by atoms with van der Waals surface area (Å²) in [6, 6.07) is 7.41. The van der Waals surface area contributed by atoms with Gasteiger partial charge in [0.2, 0.25) is 0 Å². The Morgan fingerprint density at radius 1 is 1.38 bits per heavy atom. The van der Waals surface area contributed by atoms with Gasteiger partial charge < -0.3 is 15.4 Å². The lowest BCUT2D eigenvalue weighted by Gasteiger charge is -2.46. The van der Waals surface area contributed by atoms with Gasteiger partial charge in [-0.05, 0) is 5.56 Å². The molecule has 0 saturated carbocycles. The van der Waals surface area contributed by atoms with Gasteiger partial charge in [-0.15, -0.1) is 0 Å². The Labute approximate surface area is 120 Å². The van der Waals surface area contributed by atoms with Crippen molar-refractivity contribution in [2.75, 3.05) is 19.7 Å². The van der Waals surface area contributed by atoms with Crippen molar-refractivity contribution in [3.63, 3.8) is 0 Å². The molecule has 116 valence electrons. The molecule has 1 aromatic carbocycles.